The van der Waals surface area contributed by atoms with Gasteiger partial charge in [0.1, 0.15) is 11.8 Å². The maximum Gasteiger partial charge on any atom is 0.261 e. The third-order valence-corrected chi connectivity index (χ3v) is 5.51. The second kappa shape index (κ2) is 12.8. The van der Waals surface area contributed by atoms with Crippen LogP contribution >= 0.6 is 34.8 Å². The minimum atomic E-state index is -0.621. The molecule has 0 aliphatic heterocycles. The topological polar surface area (TPSA) is 58.6 Å². The molecule has 8 heteroatoms. The van der Waals surface area contributed by atoms with E-state index in [0.717, 1.165) is 18.4 Å². The Hall–Kier alpha value is -1.95. The fourth-order valence-corrected chi connectivity index (χ4v) is 3.62. The van der Waals surface area contributed by atoms with Gasteiger partial charge in [0.25, 0.3) is 5.91 Å². The lowest BCUT2D eigenvalue weighted by Crippen LogP contribution is -2.50. The molecule has 0 spiro atoms. The van der Waals surface area contributed by atoms with Crippen molar-refractivity contribution in [3.8, 4) is 5.75 Å². The van der Waals surface area contributed by atoms with Crippen LogP contribution in [0, 0.1) is 0 Å². The summed E-state index contributed by atoms with van der Waals surface area (Å²) in [5.41, 5.74) is 0.863. The van der Waals surface area contributed by atoms with Gasteiger partial charge in [-0.2, -0.15) is 0 Å². The van der Waals surface area contributed by atoms with Crippen LogP contribution in [0.3, 0.4) is 0 Å². The molecule has 0 aromatic heterocycles. The number of carbonyl (C=O) groups excluding carboxylic acids is 2. The molecule has 2 amide bonds. The summed E-state index contributed by atoms with van der Waals surface area (Å²) < 4.78 is 5.63. The van der Waals surface area contributed by atoms with E-state index >= 15 is 0 Å². The predicted octanol–water partition coefficient (Wildman–Crippen LogP) is 5.75. The van der Waals surface area contributed by atoms with E-state index in [-0.39, 0.29) is 25.0 Å². The van der Waals surface area contributed by atoms with Crippen molar-refractivity contribution in [1.29, 1.82) is 0 Å². The van der Waals surface area contributed by atoms with E-state index in [1.54, 1.807) is 30.3 Å². The molecule has 1 atom stereocenters. The molecule has 0 bridgehead atoms. The van der Waals surface area contributed by atoms with E-state index in [4.69, 9.17) is 39.5 Å². The van der Waals surface area contributed by atoms with Crippen LogP contribution in [0.1, 0.15) is 38.7 Å². The summed E-state index contributed by atoms with van der Waals surface area (Å²) in [6, 6.07) is 11.3. The van der Waals surface area contributed by atoms with Gasteiger partial charge in [0.05, 0.1) is 5.02 Å². The van der Waals surface area contributed by atoms with Crippen LogP contribution in [0.4, 0.5) is 0 Å². The average molecular weight is 486 g/mol. The molecule has 0 fully saturated rings. The predicted molar refractivity (Wildman–Crippen MR) is 126 cm³/mol. The van der Waals surface area contributed by atoms with Gasteiger partial charge in [-0.1, -0.05) is 67.2 Å². The van der Waals surface area contributed by atoms with E-state index in [1.807, 2.05) is 19.1 Å². The van der Waals surface area contributed by atoms with Gasteiger partial charge < -0.3 is 15.0 Å². The number of halogens is 3. The lowest BCUT2D eigenvalue weighted by molar-refractivity contribution is -0.143. The highest BCUT2D eigenvalue weighted by atomic mass is 35.5. The Morgan fingerprint density at radius 1 is 1.03 bits per heavy atom. The van der Waals surface area contributed by atoms with Crippen molar-refractivity contribution < 1.29 is 14.3 Å². The molecule has 5 nitrogen and oxygen atoms in total. The smallest absolute Gasteiger partial charge is 0.261 e. The van der Waals surface area contributed by atoms with Crippen molar-refractivity contribution in [1.82, 2.24) is 10.2 Å². The van der Waals surface area contributed by atoms with Crippen LogP contribution in [0.2, 0.25) is 15.1 Å². The minimum Gasteiger partial charge on any atom is -0.482 e. The molecule has 2 aromatic carbocycles. The van der Waals surface area contributed by atoms with Gasteiger partial charge >= 0.3 is 0 Å². The number of benzene rings is 2. The number of carbonyl (C=O) groups is 2. The van der Waals surface area contributed by atoms with Gasteiger partial charge in [-0.15, -0.1) is 0 Å². The number of ether oxygens (including phenoxy) is 1. The molecular formula is C23H27Cl3N2O3. The SMILES string of the molecule is CCCCNC(=O)[C@H](CC)N(Cc1ccc(Cl)cc1)C(=O)COc1ccc(Cl)cc1Cl. The van der Waals surface area contributed by atoms with Crippen molar-refractivity contribution in [2.75, 3.05) is 13.2 Å². The second-order valence-electron chi connectivity index (χ2n) is 7.08. The van der Waals surface area contributed by atoms with Gasteiger partial charge in [-0.05, 0) is 48.7 Å². The normalized spacial score (nSPS) is 11.6. The lowest BCUT2D eigenvalue weighted by atomic mass is 10.1. The maximum absolute atomic E-state index is 13.1. The van der Waals surface area contributed by atoms with Crippen LogP contribution in [-0.2, 0) is 16.1 Å². The Morgan fingerprint density at radius 2 is 1.71 bits per heavy atom. The van der Waals surface area contributed by atoms with E-state index in [1.165, 1.54) is 4.90 Å². The van der Waals surface area contributed by atoms with E-state index in [2.05, 4.69) is 12.2 Å². The molecule has 0 unspecified atom stereocenters. The molecule has 168 valence electrons. The molecule has 2 aromatic rings. The Balaban J connectivity index is 2.18. The molecule has 31 heavy (non-hydrogen) atoms. The summed E-state index contributed by atoms with van der Waals surface area (Å²) in [5, 5.41) is 4.32. The van der Waals surface area contributed by atoms with Crippen molar-refractivity contribution in [2.45, 2.75) is 45.7 Å². The number of nitrogens with zero attached hydrogens (tertiary/aromatic N) is 1. The average Bonchev–Trinajstić information content (AvgIpc) is 2.74. The Kier molecular flexibility index (Phi) is 10.4. The van der Waals surface area contributed by atoms with Crippen molar-refractivity contribution in [2.24, 2.45) is 0 Å². The Morgan fingerprint density at radius 3 is 2.32 bits per heavy atom. The highest BCUT2D eigenvalue weighted by Crippen LogP contribution is 2.27. The first-order chi connectivity index (χ1) is 14.8. The highest BCUT2D eigenvalue weighted by molar-refractivity contribution is 6.35. The first kappa shape index (κ1) is 25.3. The number of nitrogens with one attached hydrogen (secondary N) is 1. The summed E-state index contributed by atoms with van der Waals surface area (Å²) in [5.74, 6) is -0.146. The van der Waals surface area contributed by atoms with Crippen molar-refractivity contribution in [3.05, 3.63) is 63.1 Å². The first-order valence-electron chi connectivity index (χ1n) is 10.2. The first-order valence-corrected chi connectivity index (χ1v) is 11.4. The van der Waals surface area contributed by atoms with Crippen molar-refractivity contribution in [3.63, 3.8) is 0 Å². The Labute approximate surface area is 198 Å². The van der Waals surface area contributed by atoms with Crippen LogP contribution in [0.15, 0.2) is 42.5 Å². The zero-order valence-electron chi connectivity index (χ0n) is 17.7. The molecule has 1 N–H and O–H groups in total. The third kappa shape index (κ3) is 7.91. The summed E-state index contributed by atoms with van der Waals surface area (Å²) >= 11 is 18.0. The van der Waals surface area contributed by atoms with Gasteiger partial charge in [-0.3, -0.25) is 9.59 Å². The van der Waals surface area contributed by atoms with Crippen LogP contribution in [0.5, 0.6) is 5.75 Å². The minimum absolute atomic E-state index is 0.178. The molecule has 0 heterocycles. The molecule has 0 aliphatic rings. The van der Waals surface area contributed by atoms with Crippen molar-refractivity contribution >= 4 is 46.6 Å². The fraction of sp³-hybridized carbons (Fsp3) is 0.391. The number of hydrogen-bond acceptors (Lipinski definition) is 3. The number of amides is 2. The zero-order valence-corrected chi connectivity index (χ0v) is 19.9. The molecular weight excluding hydrogens is 459 g/mol. The molecule has 0 radical (unpaired) electrons. The summed E-state index contributed by atoms with van der Waals surface area (Å²) in [6.45, 7) is 4.51. The number of unbranched alkanes of at least 4 members (excludes halogenated alkanes) is 1. The van der Waals surface area contributed by atoms with E-state index in [9.17, 15) is 9.59 Å². The molecule has 0 saturated carbocycles. The van der Waals surface area contributed by atoms with Crippen LogP contribution in [-0.4, -0.2) is 35.9 Å². The van der Waals surface area contributed by atoms with Gasteiger partial charge in [0.15, 0.2) is 6.61 Å². The number of rotatable bonds is 11. The fourth-order valence-electron chi connectivity index (χ4n) is 3.03. The lowest BCUT2D eigenvalue weighted by Gasteiger charge is -2.30. The van der Waals surface area contributed by atoms with Gasteiger partial charge in [0, 0.05) is 23.1 Å². The van der Waals surface area contributed by atoms with Crippen LogP contribution in [0.25, 0.3) is 0 Å². The summed E-state index contributed by atoms with van der Waals surface area (Å²) in [4.78, 5) is 27.5. The van der Waals surface area contributed by atoms with Gasteiger partial charge in [0.2, 0.25) is 5.91 Å². The van der Waals surface area contributed by atoms with Gasteiger partial charge in [-0.25, -0.2) is 0 Å². The van der Waals surface area contributed by atoms with E-state index in [0.29, 0.717) is 33.8 Å². The second-order valence-corrected chi connectivity index (χ2v) is 8.36. The quantitative estimate of drug-likeness (QED) is 0.412. The molecule has 0 aliphatic carbocycles. The molecule has 2 rings (SSSR count). The monoisotopic (exact) mass is 484 g/mol. The van der Waals surface area contributed by atoms with E-state index < -0.39 is 6.04 Å². The Bertz CT molecular complexity index is 875. The zero-order chi connectivity index (χ0) is 22.8. The standard InChI is InChI=1S/C23H27Cl3N2O3/c1-3-5-12-27-23(30)20(4-2)28(14-16-6-8-17(24)9-7-16)22(29)15-31-21-11-10-18(25)13-19(21)26/h6-11,13,20H,3-5,12,14-15H2,1-2H3,(H,27,30)/t20-/m0/s1. The van der Waals surface area contributed by atoms with Crippen LogP contribution < -0.4 is 10.1 Å². The maximum atomic E-state index is 13.1. The number of hydrogen-bond donors (Lipinski definition) is 1. The largest absolute Gasteiger partial charge is 0.482 e. The third-order valence-electron chi connectivity index (χ3n) is 4.73. The molecule has 0 saturated heterocycles. The highest BCUT2D eigenvalue weighted by Gasteiger charge is 2.29. The summed E-state index contributed by atoms with van der Waals surface area (Å²) in [6.07, 6.45) is 2.32. The summed E-state index contributed by atoms with van der Waals surface area (Å²) in [7, 11) is 0.